The van der Waals surface area contributed by atoms with E-state index in [1.165, 1.54) is 23.0 Å². The van der Waals surface area contributed by atoms with Gasteiger partial charge in [0, 0.05) is 18.0 Å². The van der Waals surface area contributed by atoms with Crippen LogP contribution in [0.1, 0.15) is 41.6 Å². The predicted molar refractivity (Wildman–Crippen MR) is 148 cm³/mol. The first kappa shape index (κ1) is 23.1. The van der Waals surface area contributed by atoms with Crippen LogP contribution in [0.2, 0.25) is 0 Å². The van der Waals surface area contributed by atoms with Gasteiger partial charge in [-0.15, -0.1) is 0 Å². The molecule has 1 aliphatic heterocycles. The summed E-state index contributed by atoms with van der Waals surface area (Å²) in [5.74, 6) is 1.35. The summed E-state index contributed by atoms with van der Waals surface area (Å²) in [6, 6.07) is 21.1. The number of hydrogen-bond acceptors (Lipinski definition) is 7. The number of nitrogens with one attached hydrogen (secondary N) is 1. The Hall–Kier alpha value is -4.01. The Labute approximate surface area is 220 Å². The first-order chi connectivity index (χ1) is 18.5. The zero-order valence-electron chi connectivity index (χ0n) is 20.9. The van der Waals surface area contributed by atoms with Crippen LogP contribution in [0, 0.1) is 5.92 Å². The van der Waals surface area contributed by atoms with E-state index in [0.717, 1.165) is 41.4 Å². The van der Waals surface area contributed by atoms with Gasteiger partial charge in [-0.3, -0.25) is 0 Å². The Kier molecular flexibility index (Phi) is 5.52. The molecule has 0 unspecified atom stereocenters. The molecular formula is C30H30N6O2. The van der Waals surface area contributed by atoms with Crippen molar-refractivity contribution in [3.8, 4) is 0 Å². The smallest absolute Gasteiger partial charge is 0.145 e. The number of fused-ring (bicyclic) bond motifs is 3. The van der Waals surface area contributed by atoms with Crippen molar-refractivity contribution in [3.63, 3.8) is 0 Å². The third-order valence-electron chi connectivity index (χ3n) is 8.37. The number of anilines is 2. The van der Waals surface area contributed by atoms with Crippen molar-refractivity contribution < 1.29 is 10.2 Å². The van der Waals surface area contributed by atoms with E-state index in [9.17, 15) is 10.2 Å². The van der Waals surface area contributed by atoms with E-state index in [2.05, 4.69) is 63.8 Å². The largest absolute Gasteiger partial charge is 0.390 e. The molecule has 0 bridgehead atoms. The molecule has 2 aromatic carbocycles. The fourth-order valence-corrected chi connectivity index (χ4v) is 6.29. The second-order valence-corrected chi connectivity index (χ2v) is 10.6. The molecule has 8 nitrogen and oxygen atoms in total. The van der Waals surface area contributed by atoms with Crippen LogP contribution in [-0.2, 0) is 12.8 Å². The van der Waals surface area contributed by atoms with Crippen molar-refractivity contribution in [2.24, 2.45) is 5.92 Å². The molecule has 2 aliphatic rings. The van der Waals surface area contributed by atoms with Crippen molar-refractivity contribution in [1.82, 2.24) is 19.5 Å². The van der Waals surface area contributed by atoms with Crippen LogP contribution in [0.15, 0.2) is 73.2 Å². The van der Waals surface area contributed by atoms with Gasteiger partial charge in [0.2, 0.25) is 0 Å². The van der Waals surface area contributed by atoms with Gasteiger partial charge >= 0.3 is 0 Å². The predicted octanol–water partition coefficient (Wildman–Crippen LogP) is 4.19. The van der Waals surface area contributed by atoms with E-state index in [4.69, 9.17) is 10.7 Å². The first-order valence-electron chi connectivity index (χ1n) is 13.2. The van der Waals surface area contributed by atoms with E-state index < -0.39 is 12.2 Å². The molecule has 0 spiro atoms. The molecule has 4 heterocycles. The highest BCUT2D eigenvalue weighted by atomic mass is 16.3. The maximum Gasteiger partial charge on any atom is 0.145 e. The molecule has 1 saturated carbocycles. The normalized spacial score (nSPS) is 24.6. The lowest BCUT2D eigenvalue weighted by Gasteiger charge is -2.19. The minimum Gasteiger partial charge on any atom is -0.390 e. The molecule has 7 rings (SSSR count). The quantitative estimate of drug-likeness (QED) is 0.282. The van der Waals surface area contributed by atoms with Crippen LogP contribution in [0.3, 0.4) is 0 Å². The molecule has 38 heavy (non-hydrogen) atoms. The summed E-state index contributed by atoms with van der Waals surface area (Å²) in [6.45, 7) is 0. The van der Waals surface area contributed by atoms with Crippen molar-refractivity contribution >= 4 is 33.6 Å². The highest BCUT2D eigenvalue weighted by Gasteiger charge is 2.42. The monoisotopic (exact) mass is 506 g/mol. The summed E-state index contributed by atoms with van der Waals surface area (Å²) >= 11 is 0. The average molecular weight is 507 g/mol. The molecule has 5 N–H and O–H groups in total. The second-order valence-electron chi connectivity index (χ2n) is 10.6. The molecule has 5 aromatic rings. The minimum absolute atomic E-state index is 0.0244. The van der Waals surface area contributed by atoms with Crippen LogP contribution >= 0.6 is 0 Å². The van der Waals surface area contributed by atoms with E-state index in [0.29, 0.717) is 17.9 Å². The zero-order valence-corrected chi connectivity index (χ0v) is 20.9. The lowest BCUT2D eigenvalue weighted by molar-refractivity contribution is 0.00545. The first-order valence-corrected chi connectivity index (χ1v) is 13.2. The number of aliphatic hydroxyl groups excluding tert-OH is 2. The van der Waals surface area contributed by atoms with Crippen molar-refractivity contribution in [2.75, 3.05) is 11.1 Å². The Morgan fingerprint density at radius 3 is 2.74 bits per heavy atom. The summed E-state index contributed by atoms with van der Waals surface area (Å²) in [7, 11) is 0. The van der Waals surface area contributed by atoms with Crippen molar-refractivity contribution in [1.29, 1.82) is 0 Å². The summed E-state index contributed by atoms with van der Waals surface area (Å²) in [4.78, 5) is 13.4. The molecule has 5 atom stereocenters. The second kappa shape index (κ2) is 9.08. The summed E-state index contributed by atoms with van der Waals surface area (Å²) in [5, 5.41) is 27.3. The SMILES string of the molecule is Nc1ncnc2c1ccn2[C@@H]1C[C@H](CCc2ccc3cc4c(nc3c2)N[C@H](c2ccccc2)C4)[C@@H](O)[C@H]1O. The molecule has 3 aromatic heterocycles. The van der Waals surface area contributed by atoms with Crippen molar-refractivity contribution in [3.05, 3.63) is 89.9 Å². The molecule has 0 amide bonds. The number of aliphatic hydroxyl groups is 2. The Balaban J connectivity index is 1.07. The Morgan fingerprint density at radius 1 is 1.00 bits per heavy atom. The fourth-order valence-electron chi connectivity index (χ4n) is 6.29. The Morgan fingerprint density at radius 2 is 1.87 bits per heavy atom. The van der Waals surface area contributed by atoms with Gasteiger partial charge in [0.25, 0.3) is 0 Å². The standard InChI is InChI=1S/C30H30N6O2/c31-28-22-10-11-36(30(22)33-16-32-28)25-15-20(26(37)27(25)38)9-7-17-6-8-19-13-21-14-24(18-4-2-1-3-5-18)35-29(21)34-23(19)12-17/h1-6,8,10-13,16,20,24-27,37-38H,7,9,14-15H2,(H,34,35)(H2,31,32,33)/t20-,24-,25+,26+,27-/m0/s1. The fraction of sp³-hybridized carbons (Fsp3) is 0.300. The van der Waals surface area contributed by atoms with Crippen LogP contribution < -0.4 is 11.1 Å². The highest BCUT2D eigenvalue weighted by molar-refractivity contribution is 5.86. The number of rotatable bonds is 5. The van der Waals surface area contributed by atoms with Gasteiger partial charge < -0.3 is 25.8 Å². The van der Waals surface area contributed by atoms with E-state index in [-0.39, 0.29) is 18.0 Å². The highest BCUT2D eigenvalue weighted by Crippen LogP contribution is 2.40. The van der Waals surface area contributed by atoms with Crippen molar-refractivity contribution in [2.45, 2.75) is 50.0 Å². The van der Waals surface area contributed by atoms with Gasteiger partial charge in [-0.1, -0.05) is 42.5 Å². The van der Waals surface area contributed by atoms with Gasteiger partial charge in [-0.25, -0.2) is 15.0 Å². The molecule has 0 saturated heterocycles. The molecule has 1 fully saturated rings. The van der Waals surface area contributed by atoms with Gasteiger partial charge in [0.1, 0.15) is 29.7 Å². The number of hydrogen-bond donors (Lipinski definition) is 4. The molecular weight excluding hydrogens is 476 g/mol. The van der Waals surface area contributed by atoms with E-state index >= 15 is 0 Å². The Bertz CT molecular complexity index is 1630. The summed E-state index contributed by atoms with van der Waals surface area (Å²) < 4.78 is 1.93. The summed E-state index contributed by atoms with van der Waals surface area (Å²) in [5.41, 5.74) is 11.3. The maximum absolute atomic E-state index is 10.9. The maximum atomic E-state index is 10.9. The van der Waals surface area contributed by atoms with Gasteiger partial charge in [-0.2, -0.15) is 0 Å². The number of aromatic nitrogens is 4. The van der Waals surface area contributed by atoms with Crippen LogP contribution in [-0.4, -0.2) is 41.9 Å². The van der Waals surface area contributed by atoms with Gasteiger partial charge in [-0.05, 0) is 60.1 Å². The topological polar surface area (TPSA) is 122 Å². The molecule has 1 aliphatic carbocycles. The average Bonchev–Trinajstić information content (AvgIpc) is 3.63. The number of nitrogens with two attached hydrogens (primary N) is 1. The van der Waals surface area contributed by atoms with Gasteiger partial charge in [0.15, 0.2) is 0 Å². The molecule has 192 valence electrons. The number of benzene rings is 2. The van der Waals surface area contributed by atoms with E-state index in [1.807, 2.05) is 22.9 Å². The lowest BCUT2D eigenvalue weighted by Crippen LogP contribution is -2.29. The van der Waals surface area contributed by atoms with E-state index in [1.54, 1.807) is 0 Å². The minimum atomic E-state index is -0.865. The lowest BCUT2D eigenvalue weighted by atomic mass is 9.95. The number of pyridine rings is 1. The van der Waals surface area contributed by atoms with Gasteiger partial charge in [0.05, 0.1) is 29.1 Å². The van der Waals surface area contributed by atoms with Crippen LogP contribution in [0.25, 0.3) is 21.9 Å². The van der Waals surface area contributed by atoms with Crippen LogP contribution in [0.4, 0.5) is 11.6 Å². The third kappa shape index (κ3) is 3.88. The number of aryl methyl sites for hydroxylation is 1. The molecule has 8 heteroatoms. The summed E-state index contributed by atoms with van der Waals surface area (Å²) in [6.07, 6.45) is 4.83. The number of nitrogen functional groups attached to an aromatic ring is 1. The molecule has 0 radical (unpaired) electrons. The third-order valence-corrected chi connectivity index (χ3v) is 8.37. The van der Waals surface area contributed by atoms with Crippen LogP contribution in [0.5, 0.6) is 0 Å². The number of nitrogens with zero attached hydrogens (tertiary/aromatic N) is 4. The zero-order chi connectivity index (χ0) is 25.8.